The third-order valence-electron chi connectivity index (χ3n) is 4.64. The largest absolute Gasteiger partial charge is 0.298 e. The van der Waals surface area contributed by atoms with Gasteiger partial charge in [0.1, 0.15) is 5.82 Å². The van der Waals surface area contributed by atoms with Crippen molar-refractivity contribution in [2.24, 2.45) is 0 Å². The maximum atomic E-state index is 13.3. The predicted octanol–water partition coefficient (Wildman–Crippen LogP) is 3.45. The Hall–Kier alpha value is -2.78. The Morgan fingerprint density at radius 1 is 1.28 bits per heavy atom. The number of fused-ring (bicyclic) bond motifs is 1. The number of carbonyl (C=O) groups excluding carboxylic acids is 1. The fourth-order valence-corrected chi connectivity index (χ4v) is 5.12. The summed E-state index contributed by atoms with van der Waals surface area (Å²) in [6.45, 7) is 0.384. The van der Waals surface area contributed by atoms with E-state index < -0.39 is 10.0 Å². The molecule has 9 heteroatoms. The van der Waals surface area contributed by atoms with Crippen LogP contribution in [0.25, 0.3) is 0 Å². The maximum absolute atomic E-state index is 13.3. The van der Waals surface area contributed by atoms with Gasteiger partial charge in [0.2, 0.25) is 10.0 Å². The van der Waals surface area contributed by atoms with Gasteiger partial charge in [-0.3, -0.25) is 14.4 Å². The molecule has 1 aliphatic rings. The van der Waals surface area contributed by atoms with Gasteiger partial charge in [-0.25, -0.2) is 17.8 Å². The van der Waals surface area contributed by atoms with Crippen molar-refractivity contribution < 1.29 is 17.6 Å². The average Bonchev–Trinajstić information content (AvgIpc) is 3.27. The number of hydrogen-bond donors (Lipinski definition) is 1. The first-order valence-corrected chi connectivity index (χ1v) is 11.6. The van der Waals surface area contributed by atoms with Gasteiger partial charge >= 0.3 is 0 Å². The Bertz CT molecular complexity index is 1190. The summed E-state index contributed by atoms with van der Waals surface area (Å²) in [4.78, 5) is 17.7. The molecule has 1 aliphatic heterocycles. The molecule has 2 heterocycles. The summed E-state index contributed by atoms with van der Waals surface area (Å²) in [6, 6.07) is 11.4. The first-order valence-electron chi connectivity index (χ1n) is 8.91. The van der Waals surface area contributed by atoms with Gasteiger partial charge in [0.25, 0.3) is 5.91 Å². The van der Waals surface area contributed by atoms with Crippen molar-refractivity contribution >= 4 is 38.1 Å². The summed E-state index contributed by atoms with van der Waals surface area (Å²) < 4.78 is 38.3. The molecular weight excluding hydrogens is 413 g/mol. The van der Waals surface area contributed by atoms with Gasteiger partial charge in [0.15, 0.2) is 5.13 Å². The van der Waals surface area contributed by atoms with Crippen LogP contribution < -0.4 is 9.62 Å². The van der Waals surface area contributed by atoms with Crippen molar-refractivity contribution in [3.8, 4) is 0 Å². The molecular formula is C20H18FN3O3S2. The molecule has 0 saturated carbocycles. The number of benzene rings is 2. The average molecular weight is 432 g/mol. The van der Waals surface area contributed by atoms with E-state index in [1.165, 1.54) is 34.0 Å². The van der Waals surface area contributed by atoms with Crippen LogP contribution in [0.5, 0.6) is 0 Å². The first-order chi connectivity index (χ1) is 13.8. The van der Waals surface area contributed by atoms with Crippen LogP contribution in [-0.2, 0) is 22.9 Å². The smallest absolute Gasteiger partial charge is 0.257 e. The Morgan fingerprint density at radius 2 is 2.10 bits per heavy atom. The number of nitrogens with zero attached hydrogens (tertiary/aromatic N) is 2. The number of anilines is 2. The molecule has 0 bridgehead atoms. The molecule has 0 radical (unpaired) electrons. The lowest BCUT2D eigenvalue weighted by Gasteiger charge is -2.16. The number of hydrogen-bond acceptors (Lipinski definition) is 5. The van der Waals surface area contributed by atoms with E-state index in [2.05, 4.69) is 10.3 Å². The zero-order valence-corrected chi connectivity index (χ0v) is 17.2. The van der Waals surface area contributed by atoms with Gasteiger partial charge in [-0.2, -0.15) is 0 Å². The van der Waals surface area contributed by atoms with Gasteiger partial charge in [0.05, 0.1) is 11.9 Å². The van der Waals surface area contributed by atoms with Crippen LogP contribution in [0.15, 0.2) is 48.7 Å². The highest BCUT2D eigenvalue weighted by Crippen LogP contribution is 2.31. The van der Waals surface area contributed by atoms with Crippen molar-refractivity contribution in [3.05, 3.63) is 76.0 Å². The molecule has 2 aromatic carbocycles. The maximum Gasteiger partial charge on any atom is 0.257 e. The lowest BCUT2D eigenvalue weighted by Crippen LogP contribution is -2.27. The molecule has 0 fully saturated rings. The van der Waals surface area contributed by atoms with Gasteiger partial charge < -0.3 is 0 Å². The number of thiazole rings is 1. The Kier molecular flexibility index (Phi) is 5.10. The Balaban J connectivity index is 1.46. The van der Waals surface area contributed by atoms with Crippen molar-refractivity contribution in [1.82, 2.24) is 4.98 Å². The molecule has 1 aromatic heterocycles. The minimum atomic E-state index is -3.32. The van der Waals surface area contributed by atoms with E-state index in [0.717, 1.165) is 16.0 Å². The standard InChI is InChI=1S/C20H18FN3O3S2/c1-29(26,27)24-8-7-14-11-15(5-6-18(14)24)19(25)23-20-22-12-17(28-20)10-13-3-2-4-16(21)9-13/h2-6,9,11-12H,7-8,10H2,1H3,(H,22,23,25). The third-order valence-corrected chi connectivity index (χ3v) is 6.73. The minimum absolute atomic E-state index is 0.286. The van der Waals surface area contributed by atoms with Crippen molar-refractivity contribution in [2.45, 2.75) is 12.8 Å². The van der Waals surface area contributed by atoms with E-state index in [1.54, 1.807) is 30.5 Å². The number of sulfonamides is 1. The normalized spacial score (nSPS) is 13.4. The second kappa shape index (κ2) is 7.57. The van der Waals surface area contributed by atoms with E-state index in [-0.39, 0.29) is 11.7 Å². The summed E-state index contributed by atoms with van der Waals surface area (Å²) in [5.74, 6) is -0.594. The Morgan fingerprint density at radius 3 is 2.86 bits per heavy atom. The molecule has 150 valence electrons. The zero-order valence-electron chi connectivity index (χ0n) is 15.6. The fourth-order valence-electron chi connectivity index (χ4n) is 3.32. The minimum Gasteiger partial charge on any atom is -0.298 e. The highest BCUT2D eigenvalue weighted by molar-refractivity contribution is 7.92. The summed E-state index contributed by atoms with van der Waals surface area (Å²) >= 11 is 1.33. The van der Waals surface area contributed by atoms with Crippen LogP contribution in [0, 0.1) is 5.82 Å². The van der Waals surface area contributed by atoms with Gasteiger partial charge in [-0.05, 0) is 47.9 Å². The molecule has 0 aliphatic carbocycles. The van der Waals surface area contributed by atoms with E-state index in [9.17, 15) is 17.6 Å². The van der Waals surface area contributed by atoms with Gasteiger partial charge in [-0.15, -0.1) is 11.3 Å². The molecule has 29 heavy (non-hydrogen) atoms. The summed E-state index contributed by atoms with van der Waals surface area (Å²) in [5.41, 5.74) is 2.73. The molecule has 0 atom stereocenters. The third kappa shape index (κ3) is 4.30. The van der Waals surface area contributed by atoms with Crippen molar-refractivity contribution in [2.75, 3.05) is 22.4 Å². The molecule has 1 amide bonds. The second-order valence-corrected chi connectivity index (χ2v) is 9.84. The number of aromatic nitrogens is 1. The highest BCUT2D eigenvalue weighted by Gasteiger charge is 2.26. The van der Waals surface area contributed by atoms with Crippen LogP contribution >= 0.6 is 11.3 Å². The molecule has 0 unspecified atom stereocenters. The molecule has 1 N–H and O–H groups in total. The van der Waals surface area contributed by atoms with E-state index in [1.807, 2.05) is 6.07 Å². The molecule has 0 spiro atoms. The van der Waals surface area contributed by atoms with Crippen LogP contribution in [0.2, 0.25) is 0 Å². The van der Waals surface area contributed by atoms with Crippen LogP contribution in [0.1, 0.15) is 26.4 Å². The monoisotopic (exact) mass is 431 g/mol. The van der Waals surface area contributed by atoms with Crippen LogP contribution in [-0.4, -0.2) is 32.1 Å². The molecule has 0 saturated heterocycles. The topological polar surface area (TPSA) is 79.4 Å². The summed E-state index contributed by atoms with van der Waals surface area (Å²) in [6.07, 6.45) is 3.94. The molecule has 3 aromatic rings. The zero-order chi connectivity index (χ0) is 20.6. The Labute approximate surface area is 172 Å². The SMILES string of the molecule is CS(=O)(=O)N1CCc2cc(C(=O)Nc3ncc(Cc4cccc(F)c4)s3)ccc21. The van der Waals surface area contributed by atoms with Crippen LogP contribution in [0.3, 0.4) is 0 Å². The summed E-state index contributed by atoms with van der Waals surface area (Å²) in [5, 5.41) is 3.23. The lowest BCUT2D eigenvalue weighted by atomic mass is 10.1. The van der Waals surface area contributed by atoms with Gasteiger partial charge in [0, 0.05) is 29.6 Å². The molecule has 4 rings (SSSR count). The molecule has 6 nitrogen and oxygen atoms in total. The van der Waals surface area contributed by atoms with E-state index >= 15 is 0 Å². The van der Waals surface area contributed by atoms with Crippen LogP contribution in [0.4, 0.5) is 15.2 Å². The van der Waals surface area contributed by atoms with E-state index in [0.29, 0.717) is 35.8 Å². The van der Waals surface area contributed by atoms with Crippen molar-refractivity contribution in [1.29, 1.82) is 0 Å². The highest BCUT2D eigenvalue weighted by atomic mass is 32.2. The summed E-state index contributed by atoms with van der Waals surface area (Å²) in [7, 11) is -3.32. The number of rotatable bonds is 5. The number of nitrogens with one attached hydrogen (secondary N) is 1. The van der Waals surface area contributed by atoms with E-state index in [4.69, 9.17) is 0 Å². The predicted molar refractivity (Wildman–Crippen MR) is 112 cm³/mol. The van der Waals surface area contributed by atoms with Gasteiger partial charge in [-0.1, -0.05) is 12.1 Å². The number of halogens is 1. The number of amides is 1. The number of carbonyl (C=O) groups is 1. The quantitative estimate of drug-likeness (QED) is 0.671. The fraction of sp³-hybridized carbons (Fsp3) is 0.200. The van der Waals surface area contributed by atoms with Crippen molar-refractivity contribution in [3.63, 3.8) is 0 Å². The lowest BCUT2D eigenvalue weighted by molar-refractivity contribution is 0.102. The first kappa shape index (κ1) is 19.5. The second-order valence-electron chi connectivity index (χ2n) is 6.82.